The highest BCUT2D eigenvalue weighted by Crippen LogP contribution is 2.52. The van der Waals surface area contributed by atoms with Gasteiger partial charge >= 0.3 is 5.97 Å². The van der Waals surface area contributed by atoms with E-state index in [1.807, 2.05) is 23.1 Å². The number of likely N-dealkylation sites (tertiary alicyclic amines) is 1. The molecule has 3 aliphatic rings. The van der Waals surface area contributed by atoms with Crippen molar-refractivity contribution in [3.8, 4) is 0 Å². The second-order valence-electron chi connectivity index (χ2n) is 7.60. The maximum absolute atomic E-state index is 12.7. The summed E-state index contributed by atoms with van der Waals surface area (Å²) in [7, 11) is 0. The lowest BCUT2D eigenvalue weighted by Crippen LogP contribution is -2.49. The summed E-state index contributed by atoms with van der Waals surface area (Å²) in [6, 6.07) is 8.05. The maximum atomic E-state index is 12.7. The Kier molecular flexibility index (Phi) is 4.03. The van der Waals surface area contributed by atoms with Gasteiger partial charge in [0.2, 0.25) is 5.91 Å². The van der Waals surface area contributed by atoms with E-state index >= 15 is 0 Å². The number of amides is 1. The van der Waals surface area contributed by atoms with E-state index in [1.54, 1.807) is 0 Å². The van der Waals surface area contributed by atoms with Gasteiger partial charge < -0.3 is 9.64 Å². The van der Waals surface area contributed by atoms with E-state index in [9.17, 15) is 9.59 Å². The third kappa shape index (κ3) is 2.92. The first-order valence-corrected chi connectivity index (χ1v) is 9.12. The Morgan fingerprint density at radius 2 is 2.00 bits per heavy atom. The molecular weight excluding hydrogens is 326 g/mol. The van der Waals surface area contributed by atoms with E-state index in [0.717, 1.165) is 43.8 Å². The number of hydrogen-bond acceptors (Lipinski definition) is 3. The van der Waals surface area contributed by atoms with Crippen molar-refractivity contribution in [1.82, 2.24) is 4.90 Å². The maximum Gasteiger partial charge on any atom is 0.306 e. The Morgan fingerprint density at radius 1 is 1.25 bits per heavy atom. The molecule has 0 bridgehead atoms. The Balaban J connectivity index is 1.30. The van der Waals surface area contributed by atoms with E-state index in [2.05, 4.69) is 6.07 Å². The molecule has 1 amide bonds. The lowest BCUT2D eigenvalue weighted by Gasteiger charge is -2.45. The summed E-state index contributed by atoms with van der Waals surface area (Å²) in [6.45, 7) is 2.14. The molecule has 128 valence electrons. The van der Waals surface area contributed by atoms with Crippen molar-refractivity contribution in [3.05, 3.63) is 34.9 Å². The van der Waals surface area contributed by atoms with Crippen molar-refractivity contribution < 1.29 is 14.3 Å². The van der Waals surface area contributed by atoms with Crippen molar-refractivity contribution in [2.45, 2.75) is 38.0 Å². The topological polar surface area (TPSA) is 46.6 Å². The van der Waals surface area contributed by atoms with Gasteiger partial charge in [-0.25, -0.2) is 0 Å². The average molecular weight is 348 g/mol. The summed E-state index contributed by atoms with van der Waals surface area (Å²) < 4.78 is 5.08. The lowest BCUT2D eigenvalue weighted by molar-refractivity contribution is -0.144. The zero-order valence-corrected chi connectivity index (χ0v) is 14.4. The van der Waals surface area contributed by atoms with Crippen LogP contribution in [0.2, 0.25) is 5.02 Å². The number of benzene rings is 1. The van der Waals surface area contributed by atoms with E-state index in [-0.39, 0.29) is 23.2 Å². The van der Waals surface area contributed by atoms with E-state index < -0.39 is 0 Å². The molecule has 1 aliphatic carbocycles. The van der Waals surface area contributed by atoms with Gasteiger partial charge in [0.05, 0.1) is 13.0 Å². The number of hydrogen-bond donors (Lipinski definition) is 0. The van der Waals surface area contributed by atoms with Gasteiger partial charge in [-0.2, -0.15) is 0 Å². The van der Waals surface area contributed by atoms with Crippen molar-refractivity contribution in [2.24, 2.45) is 11.3 Å². The molecule has 1 spiro atoms. The molecule has 0 atom stereocenters. The van der Waals surface area contributed by atoms with Gasteiger partial charge in [0.15, 0.2) is 0 Å². The van der Waals surface area contributed by atoms with Crippen LogP contribution in [0.4, 0.5) is 0 Å². The van der Waals surface area contributed by atoms with Gasteiger partial charge in [-0.05, 0) is 49.3 Å². The number of ether oxygens (including phenoxy) is 1. The van der Waals surface area contributed by atoms with E-state index in [4.69, 9.17) is 16.3 Å². The Bertz CT molecular complexity index is 660. The minimum absolute atomic E-state index is 0.0312. The fourth-order valence-corrected chi connectivity index (χ4v) is 4.71. The van der Waals surface area contributed by atoms with Crippen LogP contribution in [0.3, 0.4) is 0 Å². The summed E-state index contributed by atoms with van der Waals surface area (Å²) in [5.74, 6) is 0.733. The predicted octanol–water partition coefficient (Wildman–Crippen LogP) is 3.39. The second kappa shape index (κ2) is 6.07. The Labute approximate surface area is 147 Å². The van der Waals surface area contributed by atoms with Crippen LogP contribution in [-0.2, 0) is 14.3 Å². The third-order valence-electron chi connectivity index (χ3n) is 5.89. The molecule has 1 aromatic rings. The van der Waals surface area contributed by atoms with Crippen LogP contribution < -0.4 is 0 Å². The van der Waals surface area contributed by atoms with Crippen LogP contribution in [0, 0.1) is 11.3 Å². The predicted molar refractivity (Wildman–Crippen MR) is 90.7 cm³/mol. The summed E-state index contributed by atoms with van der Waals surface area (Å²) in [5.41, 5.74) is 1.25. The zero-order chi connectivity index (χ0) is 16.7. The molecule has 1 aromatic carbocycles. The monoisotopic (exact) mass is 347 g/mol. The molecule has 0 radical (unpaired) electrons. The molecule has 0 N–H and O–H groups in total. The van der Waals surface area contributed by atoms with Gasteiger partial charge in [0, 0.05) is 29.4 Å². The molecule has 4 rings (SSSR count). The van der Waals surface area contributed by atoms with E-state index in [1.165, 1.54) is 5.56 Å². The number of rotatable bonds is 2. The van der Waals surface area contributed by atoms with Crippen LogP contribution in [0.15, 0.2) is 24.3 Å². The summed E-state index contributed by atoms with van der Waals surface area (Å²) >= 11 is 6.08. The number of esters is 1. The van der Waals surface area contributed by atoms with Crippen molar-refractivity contribution in [3.63, 3.8) is 0 Å². The molecule has 2 heterocycles. The van der Waals surface area contributed by atoms with Crippen LogP contribution >= 0.6 is 11.6 Å². The van der Waals surface area contributed by atoms with Crippen LogP contribution in [-0.4, -0.2) is 36.5 Å². The first-order valence-electron chi connectivity index (χ1n) is 8.75. The highest BCUT2D eigenvalue weighted by Gasteiger charge is 2.53. The Morgan fingerprint density at radius 3 is 2.62 bits per heavy atom. The van der Waals surface area contributed by atoms with Crippen molar-refractivity contribution in [1.29, 1.82) is 0 Å². The molecule has 24 heavy (non-hydrogen) atoms. The Hall–Kier alpha value is -1.55. The minimum Gasteiger partial charge on any atom is -0.465 e. The highest BCUT2D eigenvalue weighted by molar-refractivity contribution is 6.30. The van der Waals surface area contributed by atoms with Crippen LogP contribution in [0.5, 0.6) is 0 Å². The third-order valence-corrected chi connectivity index (χ3v) is 6.13. The molecule has 2 saturated heterocycles. The van der Waals surface area contributed by atoms with E-state index in [0.29, 0.717) is 18.9 Å². The smallest absolute Gasteiger partial charge is 0.306 e. The minimum atomic E-state index is -0.108. The lowest BCUT2D eigenvalue weighted by atomic mass is 9.61. The highest BCUT2D eigenvalue weighted by atomic mass is 35.5. The fourth-order valence-electron chi connectivity index (χ4n) is 4.52. The van der Waals surface area contributed by atoms with Gasteiger partial charge in [-0.1, -0.05) is 23.7 Å². The number of carbonyl (C=O) groups excluding carboxylic acids is 2. The zero-order valence-electron chi connectivity index (χ0n) is 13.7. The summed E-state index contributed by atoms with van der Waals surface area (Å²) in [5, 5.41) is 0.777. The van der Waals surface area contributed by atoms with Crippen molar-refractivity contribution in [2.75, 3.05) is 19.7 Å². The van der Waals surface area contributed by atoms with Crippen molar-refractivity contribution >= 4 is 23.5 Å². The largest absolute Gasteiger partial charge is 0.465 e. The van der Waals surface area contributed by atoms with Gasteiger partial charge in [0.25, 0.3) is 0 Å². The number of piperidine rings is 1. The molecule has 0 aromatic heterocycles. The molecule has 3 fully saturated rings. The van der Waals surface area contributed by atoms with Crippen LogP contribution in [0.25, 0.3) is 0 Å². The quantitative estimate of drug-likeness (QED) is 0.770. The van der Waals surface area contributed by atoms with Gasteiger partial charge in [-0.3, -0.25) is 9.59 Å². The first-order chi connectivity index (χ1) is 11.5. The second-order valence-corrected chi connectivity index (χ2v) is 8.03. The number of cyclic esters (lactones) is 1. The first kappa shape index (κ1) is 15.9. The summed E-state index contributed by atoms with van der Waals surface area (Å²) in [4.78, 5) is 26.0. The molecule has 1 saturated carbocycles. The summed E-state index contributed by atoms with van der Waals surface area (Å²) in [6.07, 6.45) is 4.10. The number of carbonyl (C=O) groups is 2. The SMILES string of the molecule is O=C1CC2(CO1)CC(C(=O)N1CCC(c3cccc(Cl)c3)CC1)C2. The average Bonchev–Trinajstić information content (AvgIpc) is 2.95. The van der Waals surface area contributed by atoms with Gasteiger partial charge in [0.1, 0.15) is 0 Å². The fraction of sp³-hybridized carbons (Fsp3) is 0.579. The number of nitrogens with zero attached hydrogens (tertiary/aromatic N) is 1. The molecular formula is C19H22ClNO3. The molecule has 4 nitrogen and oxygen atoms in total. The van der Waals surface area contributed by atoms with Crippen LogP contribution in [0.1, 0.15) is 43.6 Å². The molecule has 0 unspecified atom stereocenters. The normalized spacial score (nSPS) is 30.3. The standard InChI is InChI=1S/C19H22ClNO3/c20-16-3-1-2-14(8-16)13-4-6-21(7-5-13)18(23)15-9-19(10-15)11-17(22)24-12-19/h1-3,8,13,15H,4-7,9-12H2. The molecule has 5 heteroatoms. The van der Waals surface area contributed by atoms with Gasteiger partial charge in [-0.15, -0.1) is 0 Å². The molecule has 2 aliphatic heterocycles. The number of halogens is 1.